The summed E-state index contributed by atoms with van der Waals surface area (Å²) in [7, 11) is 1.73. The zero-order valence-electron chi connectivity index (χ0n) is 11.9. The van der Waals surface area contributed by atoms with E-state index >= 15 is 0 Å². The molecule has 2 rings (SSSR count). The lowest BCUT2D eigenvalue weighted by molar-refractivity contribution is 0.152. The van der Waals surface area contributed by atoms with Gasteiger partial charge in [-0.3, -0.25) is 4.90 Å². The molecule has 0 radical (unpaired) electrons. The minimum Gasteiger partial charge on any atom is -0.384 e. The molecule has 4 heteroatoms. The van der Waals surface area contributed by atoms with E-state index in [0.717, 1.165) is 38.2 Å². The van der Waals surface area contributed by atoms with E-state index in [0.29, 0.717) is 11.5 Å². The van der Waals surface area contributed by atoms with Crippen LogP contribution in [0.4, 0.5) is 4.39 Å². The van der Waals surface area contributed by atoms with Crippen LogP contribution in [0.5, 0.6) is 0 Å². The highest BCUT2D eigenvalue weighted by atomic mass is 19.1. The summed E-state index contributed by atoms with van der Waals surface area (Å²) in [6.07, 6.45) is 1.14. The molecule has 108 valence electrons. The first-order valence-electron chi connectivity index (χ1n) is 6.91. The van der Waals surface area contributed by atoms with E-state index in [1.807, 2.05) is 6.07 Å². The van der Waals surface area contributed by atoms with Crippen molar-refractivity contribution in [3.05, 3.63) is 35.1 Å². The summed E-state index contributed by atoms with van der Waals surface area (Å²) >= 11 is 0. The van der Waals surface area contributed by atoms with Crippen molar-refractivity contribution < 1.29 is 9.13 Å². The van der Waals surface area contributed by atoms with Gasteiger partial charge < -0.3 is 10.5 Å². The number of ether oxygens (including phenoxy) is 1. The third-order valence-corrected chi connectivity index (χ3v) is 3.47. The molecule has 20 heavy (non-hydrogen) atoms. The molecule has 1 heterocycles. The van der Waals surface area contributed by atoms with Crippen LogP contribution >= 0.6 is 0 Å². The highest BCUT2D eigenvalue weighted by molar-refractivity contribution is 5.38. The molecular weight excluding hydrogens is 255 g/mol. The molecule has 1 aliphatic heterocycles. The number of hydrogen-bond donors (Lipinski definition) is 1. The van der Waals surface area contributed by atoms with Gasteiger partial charge in [-0.2, -0.15) is 0 Å². The largest absolute Gasteiger partial charge is 0.384 e. The van der Waals surface area contributed by atoms with E-state index in [1.54, 1.807) is 13.2 Å². The molecule has 1 aromatic rings. The van der Waals surface area contributed by atoms with Crippen LogP contribution in [0.25, 0.3) is 0 Å². The average Bonchev–Trinajstić information content (AvgIpc) is 2.83. The van der Waals surface area contributed by atoms with E-state index < -0.39 is 0 Å². The maximum absolute atomic E-state index is 13.6. The van der Waals surface area contributed by atoms with Crippen molar-refractivity contribution in [1.82, 2.24) is 4.90 Å². The fourth-order valence-electron chi connectivity index (χ4n) is 2.65. The molecular formula is C16H21FN2O. The third-order valence-electron chi connectivity index (χ3n) is 3.47. The number of rotatable bonds is 4. The molecule has 3 nitrogen and oxygen atoms in total. The molecule has 1 aromatic carbocycles. The summed E-state index contributed by atoms with van der Waals surface area (Å²) in [6.45, 7) is 3.89. The summed E-state index contributed by atoms with van der Waals surface area (Å²) < 4.78 is 18.8. The van der Waals surface area contributed by atoms with Gasteiger partial charge in [-0.1, -0.05) is 11.8 Å². The standard InChI is InChI=1S/C16H21FN2O/c1-20-12-14-4-6-19(10-14)11-15-7-13(3-2-5-18)8-16(17)9-15/h7-9,14H,4-6,10-12,18H2,1H3. The second-order valence-corrected chi connectivity index (χ2v) is 5.20. The SMILES string of the molecule is COCC1CCN(Cc2cc(F)cc(C#CCN)c2)C1. The van der Waals surface area contributed by atoms with Crippen LogP contribution in [0.2, 0.25) is 0 Å². The van der Waals surface area contributed by atoms with Crippen LogP contribution < -0.4 is 5.73 Å². The Labute approximate surface area is 119 Å². The summed E-state index contributed by atoms with van der Waals surface area (Å²) in [6, 6.07) is 4.97. The molecule has 1 fully saturated rings. The van der Waals surface area contributed by atoms with Crippen molar-refractivity contribution in [2.45, 2.75) is 13.0 Å². The van der Waals surface area contributed by atoms with Gasteiger partial charge in [-0.25, -0.2) is 4.39 Å². The Hall–Kier alpha value is -1.41. The van der Waals surface area contributed by atoms with Crippen molar-refractivity contribution >= 4 is 0 Å². The van der Waals surface area contributed by atoms with E-state index in [2.05, 4.69) is 16.7 Å². The van der Waals surface area contributed by atoms with Gasteiger partial charge in [-0.15, -0.1) is 0 Å². The van der Waals surface area contributed by atoms with Crippen LogP contribution in [0.3, 0.4) is 0 Å². The molecule has 0 amide bonds. The van der Waals surface area contributed by atoms with E-state index in [-0.39, 0.29) is 12.4 Å². The predicted molar refractivity (Wildman–Crippen MR) is 77.6 cm³/mol. The number of benzene rings is 1. The lowest BCUT2D eigenvalue weighted by Gasteiger charge is -2.16. The predicted octanol–water partition coefficient (Wildman–Crippen LogP) is 1.60. The van der Waals surface area contributed by atoms with Crippen LogP contribution in [0, 0.1) is 23.6 Å². The van der Waals surface area contributed by atoms with E-state index in [9.17, 15) is 4.39 Å². The number of nitrogens with two attached hydrogens (primary N) is 1. The minimum atomic E-state index is -0.239. The van der Waals surface area contributed by atoms with Crippen molar-refractivity contribution in [2.24, 2.45) is 11.7 Å². The molecule has 1 aliphatic rings. The summed E-state index contributed by atoms with van der Waals surface area (Å²) in [5, 5.41) is 0. The number of methoxy groups -OCH3 is 1. The van der Waals surface area contributed by atoms with Gasteiger partial charge in [0.15, 0.2) is 0 Å². The van der Waals surface area contributed by atoms with Crippen molar-refractivity contribution in [3.63, 3.8) is 0 Å². The molecule has 0 saturated carbocycles. The monoisotopic (exact) mass is 276 g/mol. The van der Waals surface area contributed by atoms with Gasteiger partial charge in [0, 0.05) is 25.8 Å². The van der Waals surface area contributed by atoms with Gasteiger partial charge in [-0.05, 0) is 42.6 Å². The van der Waals surface area contributed by atoms with Crippen molar-refractivity contribution in [3.8, 4) is 11.8 Å². The maximum atomic E-state index is 13.6. The van der Waals surface area contributed by atoms with Crippen molar-refractivity contribution in [2.75, 3.05) is 33.4 Å². The van der Waals surface area contributed by atoms with Crippen LogP contribution in [-0.4, -0.2) is 38.3 Å². The lowest BCUT2D eigenvalue weighted by atomic mass is 10.1. The summed E-state index contributed by atoms with van der Waals surface area (Å²) in [5.74, 6) is 5.99. The first-order chi connectivity index (χ1) is 9.71. The smallest absolute Gasteiger partial charge is 0.124 e. The van der Waals surface area contributed by atoms with Gasteiger partial charge >= 0.3 is 0 Å². The Bertz CT molecular complexity index is 507. The van der Waals surface area contributed by atoms with Crippen LogP contribution in [0.15, 0.2) is 18.2 Å². The quantitative estimate of drug-likeness (QED) is 0.849. The van der Waals surface area contributed by atoms with Gasteiger partial charge in [0.1, 0.15) is 5.82 Å². The second kappa shape index (κ2) is 7.39. The topological polar surface area (TPSA) is 38.5 Å². The molecule has 1 unspecified atom stereocenters. The van der Waals surface area contributed by atoms with Crippen LogP contribution in [0.1, 0.15) is 17.5 Å². The van der Waals surface area contributed by atoms with E-state index in [4.69, 9.17) is 10.5 Å². The Morgan fingerprint density at radius 1 is 1.45 bits per heavy atom. The Kier molecular flexibility index (Phi) is 5.54. The second-order valence-electron chi connectivity index (χ2n) is 5.20. The third kappa shape index (κ3) is 4.31. The molecule has 1 saturated heterocycles. The van der Waals surface area contributed by atoms with Gasteiger partial charge in [0.05, 0.1) is 13.2 Å². The highest BCUT2D eigenvalue weighted by Gasteiger charge is 2.22. The summed E-state index contributed by atoms with van der Waals surface area (Å²) in [5.41, 5.74) is 7.00. The molecule has 1 atom stereocenters. The first-order valence-corrected chi connectivity index (χ1v) is 6.91. The lowest BCUT2D eigenvalue weighted by Crippen LogP contribution is -2.21. The Morgan fingerprint density at radius 2 is 2.30 bits per heavy atom. The summed E-state index contributed by atoms with van der Waals surface area (Å²) in [4.78, 5) is 2.33. The molecule has 2 N–H and O–H groups in total. The zero-order valence-corrected chi connectivity index (χ0v) is 11.9. The number of halogens is 1. The normalized spacial score (nSPS) is 18.9. The number of likely N-dealkylation sites (tertiary alicyclic amines) is 1. The average molecular weight is 276 g/mol. The maximum Gasteiger partial charge on any atom is 0.124 e. The van der Waals surface area contributed by atoms with Crippen molar-refractivity contribution in [1.29, 1.82) is 0 Å². The van der Waals surface area contributed by atoms with Gasteiger partial charge in [0.25, 0.3) is 0 Å². The van der Waals surface area contributed by atoms with E-state index in [1.165, 1.54) is 6.07 Å². The molecule has 0 spiro atoms. The fourth-order valence-corrected chi connectivity index (χ4v) is 2.65. The zero-order chi connectivity index (χ0) is 14.4. The molecule has 0 aromatic heterocycles. The van der Waals surface area contributed by atoms with Gasteiger partial charge in [0.2, 0.25) is 0 Å². The first kappa shape index (κ1) is 15.0. The number of nitrogens with zero attached hydrogens (tertiary/aromatic N) is 1. The molecule has 0 bridgehead atoms. The minimum absolute atomic E-state index is 0.239. The Balaban J connectivity index is 2.01. The number of hydrogen-bond acceptors (Lipinski definition) is 3. The van der Waals surface area contributed by atoms with Crippen LogP contribution in [-0.2, 0) is 11.3 Å². The molecule has 0 aliphatic carbocycles. The fraction of sp³-hybridized carbons (Fsp3) is 0.500. The highest BCUT2D eigenvalue weighted by Crippen LogP contribution is 2.19. The Morgan fingerprint density at radius 3 is 3.05 bits per heavy atom.